The number of nitrogens with one attached hydrogen (secondary N) is 1. The number of rotatable bonds is 5. The van der Waals surface area contributed by atoms with Crippen LogP contribution in [0.25, 0.3) is 10.7 Å². The molecule has 0 radical (unpaired) electrons. The van der Waals surface area contributed by atoms with Crippen molar-refractivity contribution in [2.75, 3.05) is 5.32 Å². The van der Waals surface area contributed by atoms with Crippen molar-refractivity contribution in [3.8, 4) is 10.7 Å². The third-order valence-electron chi connectivity index (χ3n) is 2.71. The van der Waals surface area contributed by atoms with Crippen LogP contribution in [0, 0.1) is 10.1 Å². The van der Waals surface area contributed by atoms with E-state index in [1.807, 2.05) is 17.5 Å². The van der Waals surface area contributed by atoms with Crippen LogP contribution < -0.4 is 5.32 Å². The average Bonchev–Trinajstić information content (AvgIpc) is 3.16. The molecule has 2 heterocycles. The summed E-state index contributed by atoms with van der Waals surface area (Å²) in [4.78, 5) is 15.5. The normalized spacial score (nSPS) is 10.5. The Morgan fingerprint density at radius 3 is 3.00 bits per heavy atom. The maximum absolute atomic E-state index is 10.7. The van der Waals surface area contributed by atoms with E-state index in [0.29, 0.717) is 23.9 Å². The predicted octanol–water partition coefficient (Wildman–Crippen LogP) is 3.32. The Labute approximate surface area is 123 Å². The molecule has 8 heteroatoms. The van der Waals surface area contributed by atoms with Crippen LogP contribution >= 0.6 is 11.3 Å². The molecule has 21 heavy (non-hydrogen) atoms. The van der Waals surface area contributed by atoms with Crippen LogP contribution in [-0.2, 0) is 6.54 Å². The van der Waals surface area contributed by atoms with Gasteiger partial charge in [-0.05, 0) is 17.5 Å². The van der Waals surface area contributed by atoms with Gasteiger partial charge in [-0.25, -0.2) is 0 Å². The van der Waals surface area contributed by atoms with Gasteiger partial charge in [0, 0.05) is 17.8 Å². The fourth-order valence-corrected chi connectivity index (χ4v) is 2.39. The maximum Gasteiger partial charge on any atom is 0.271 e. The minimum Gasteiger partial charge on any atom is -0.376 e. The zero-order valence-corrected chi connectivity index (χ0v) is 11.5. The van der Waals surface area contributed by atoms with Crippen molar-refractivity contribution in [2.45, 2.75) is 6.54 Å². The highest BCUT2D eigenvalue weighted by Crippen LogP contribution is 2.22. The Morgan fingerprint density at radius 2 is 2.24 bits per heavy atom. The molecule has 1 N–H and O–H groups in total. The van der Waals surface area contributed by atoms with Crippen LogP contribution in [0.3, 0.4) is 0 Å². The molecule has 0 bridgehead atoms. The van der Waals surface area contributed by atoms with E-state index < -0.39 is 4.92 Å². The Hall–Kier alpha value is -2.74. The topological polar surface area (TPSA) is 94.1 Å². The van der Waals surface area contributed by atoms with Crippen LogP contribution in [0.5, 0.6) is 0 Å². The fourth-order valence-electron chi connectivity index (χ4n) is 1.74. The lowest BCUT2D eigenvalue weighted by molar-refractivity contribution is -0.384. The molecule has 0 unspecified atom stereocenters. The standard InChI is InChI=1S/C13H10N4O3S/c18-17(19)10-4-1-3-9(7-10)14-8-12-15-13(16-20-12)11-5-2-6-21-11/h1-7,14H,8H2. The first-order valence-corrected chi connectivity index (χ1v) is 6.95. The highest BCUT2D eigenvalue weighted by molar-refractivity contribution is 7.13. The molecule has 0 aliphatic carbocycles. The van der Waals surface area contributed by atoms with Gasteiger partial charge in [0.1, 0.15) is 0 Å². The molecule has 3 aromatic rings. The Kier molecular flexibility index (Phi) is 3.61. The Morgan fingerprint density at radius 1 is 1.33 bits per heavy atom. The van der Waals surface area contributed by atoms with Gasteiger partial charge in [-0.3, -0.25) is 10.1 Å². The highest BCUT2D eigenvalue weighted by atomic mass is 32.1. The third kappa shape index (κ3) is 3.06. The summed E-state index contributed by atoms with van der Waals surface area (Å²) < 4.78 is 5.14. The molecule has 2 aromatic heterocycles. The van der Waals surface area contributed by atoms with Gasteiger partial charge in [0.25, 0.3) is 5.69 Å². The SMILES string of the molecule is O=[N+]([O-])c1cccc(NCc2nc(-c3cccs3)no2)c1. The van der Waals surface area contributed by atoms with Crippen molar-refractivity contribution in [3.05, 3.63) is 57.8 Å². The summed E-state index contributed by atoms with van der Waals surface area (Å²) >= 11 is 1.53. The van der Waals surface area contributed by atoms with Gasteiger partial charge >= 0.3 is 0 Å². The van der Waals surface area contributed by atoms with Crippen LogP contribution in [-0.4, -0.2) is 15.1 Å². The van der Waals surface area contributed by atoms with Crippen molar-refractivity contribution in [1.29, 1.82) is 0 Å². The Balaban J connectivity index is 1.68. The fraction of sp³-hybridized carbons (Fsp3) is 0.0769. The smallest absolute Gasteiger partial charge is 0.271 e. The molecule has 106 valence electrons. The highest BCUT2D eigenvalue weighted by Gasteiger charge is 2.10. The van der Waals surface area contributed by atoms with Gasteiger partial charge in [-0.1, -0.05) is 17.3 Å². The van der Waals surface area contributed by atoms with Gasteiger partial charge in [-0.2, -0.15) is 4.98 Å². The lowest BCUT2D eigenvalue weighted by atomic mass is 10.3. The van der Waals surface area contributed by atoms with Crippen LogP contribution in [0.2, 0.25) is 0 Å². The van der Waals surface area contributed by atoms with Gasteiger partial charge < -0.3 is 9.84 Å². The summed E-state index contributed by atoms with van der Waals surface area (Å²) in [6.45, 7) is 0.305. The number of anilines is 1. The van der Waals surface area contributed by atoms with E-state index in [0.717, 1.165) is 4.88 Å². The lowest BCUT2D eigenvalue weighted by Crippen LogP contribution is -2.00. The molecule has 0 saturated carbocycles. The first-order valence-electron chi connectivity index (χ1n) is 6.07. The number of thiophene rings is 1. The predicted molar refractivity (Wildman–Crippen MR) is 78.0 cm³/mol. The lowest BCUT2D eigenvalue weighted by Gasteiger charge is -2.02. The van der Waals surface area contributed by atoms with E-state index in [2.05, 4.69) is 15.5 Å². The molecular weight excluding hydrogens is 292 g/mol. The van der Waals surface area contributed by atoms with Crippen molar-refractivity contribution in [2.24, 2.45) is 0 Å². The number of nitro groups is 1. The zero-order valence-electron chi connectivity index (χ0n) is 10.7. The summed E-state index contributed by atoms with van der Waals surface area (Å²) in [5.74, 6) is 0.964. The van der Waals surface area contributed by atoms with E-state index in [4.69, 9.17) is 4.52 Å². The summed E-state index contributed by atoms with van der Waals surface area (Å²) in [7, 11) is 0. The molecule has 0 amide bonds. The van der Waals surface area contributed by atoms with E-state index in [1.54, 1.807) is 12.1 Å². The summed E-state index contributed by atoms with van der Waals surface area (Å²) in [6.07, 6.45) is 0. The quantitative estimate of drug-likeness (QED) is 0.574. The first kappa shape index (κ1) is 13.3. The molecular formula is C13H10N4O3S. The zero-order chi connectivity index (χ0) is 14.7. The second-order valence-corrected chi connectivity index (χ2v) is 5.10. The molecule has 0 atom stereocenters. The summed E-state index contributed by atoms with van der Waals surface area (Å²) in [5, 5.41) is 19.5. The minimum atomic E-state index is -0.438. The van der Waals surface area contributed by atoms with Gasteiger partial charge in [-0.15, -0.1) is 11.3 Å². The number of benzene rings is 1. The number of nitrogens with zero attached hydrogens (tertiary/aromatic N) is 3. The molecule has 0 aliphatic heterocycles. The first-order chi connectivity index (χ1) is 10.2. The van der Waals surface area contributed by atoms with Gasteiger partial charge in [0.2, 0.25) is 11.7 Å². The molecule has 0 spiro atoms. The molecule has 0 aliphatic rings. The van der Waals surface area contributed by atoms with E-state index in [1.165, 1.54) is 23.5 Å². The van der Waals surface area contributed by atoms with Gasteiger partial charge in [0.15, 0.2) is 0 Å². The number of nitro benzene ring substituents is 1. The van der Waals surface area contributed by atoms with Crippen molar-refractivity contribution >= 4 is 22.7 Å². The number of aromatic nitrogens is 2. The second kappa shape index (κ2) is 5.71. The van der Waals surface area contributed by atoms with Crippen molar-refractivity contribution in [1.82, 2.24) is 10.1 Å². The number of hydrogen-bond donors (Lipinski definition) is 1. The molecule has 3 rings (SSSR count). The van der Waals surface area contributed by atoms with E-state index >= 15 is 0 Å². The minimum absolute atomic E-state index is 0.0322. The molecule has 0 saturated heterocycles. The molecule has 1 aromatic carbocycles. The van der Waals surface area contributed by atoms with Crippen LogP contribution in [0.4, 0.5) is 11.4 Å². The van der Waals surface area contributed by atoms with E-state index in [-0.39, 0.29) is 5.69 Å². The number of hydrogen-bond acceptors (Lipinski definition) is 7. The maximum atomic E-state index is 10.7. The summed E-state index contributed by atoms with van der Waals surface area (Å²) in [6, 6.07) is 10.1. The molecule has 7 nitrogen and oxygen atoms in total. The Bertz CT molecular complexity index is 754. The van der Waals surface area contributed by atoms with E-state index in [9.17, 15) is 10.1 Å². The monoisotopic (exact) mass is 302 g/mol. The molecule has 0 fully saturated rings. The summed E-state index contributed by atoms with van der Waals surface area (Å²) in [5.41, 5.74) is 0.657. The van der Waals surface area contributed by atoms with Crippen molar-refractivity contribution in [3.63, 3.8) is 0 Å². The van der Waals surface area contributed by atoms with Crippen LogP contribution in [0.15, 0.2) is 46.3 Å². The second-order valence-electron chi connectivity index (χ2n) is 4.15. The largest absolute Gasteiger partial charge is 0.376 e. The number of non-ortho nitro benzene ring substituents is 1. The van der Waals surface area contributed by atoms with Crippen molar-refractivity contribution < 1.29 is 9.45 Å². The third-order valence-corrected chi connectivity index (χ3v) is 3.58. The van der Waals surface area contributed by atoms with Gasteiger partial charge in [0.05, 0.1) is 16.3 Å². The van der Waals surface area contributed by atoms with Crippen LogP contribution in [0.1, 0.15) is 5.89 Å². The average molecular weight is 302 g/mol.